The third kappa shape index (κ3) is 3.51. The molecule has 0 spiro atoms. The standard InChI is InChI=1S/C18H19Cl2N5/c19-13-10-14(20)18-23-17(15-4-1-2-6-22-15)16(25(18)11-13)12-24-8-3-5-21-7-9-24/h1-2,4,6,10-11,21H,3,5,7-9,12H2. The highest BCUT2D eigenvalue weighted by molar-refractivity contribution is 6.36. The Hall–Kier alpha value is -1.66. The number of fused-ring (bicyclic) bond motifs is 1. The summed E-state index contributed by atoms with van der Waals surface area (Å²) in [5.41, 5.74) is 3.50. The van der Waals surface area contributed by atoms with Crippen molar-refractivity contribution < 1.29 is 0 Å². The molecule has 7 heteroatoms. The molecule has 0 aromatic carbocycles. The fraction of sp³-hybridized carbons (Fsp3) is 0.333. The molecule has 5 nitrogen and oxygen atoms in total. The lowest BCUT2D eigenvalue weighted by Crippen LogP contribution is -2.28. The minimum absolute atomic E-state index is 0.550. The van der Waals surface area contributed by atoms with Crippen LogP contribution in [0.1, 0.15) is 12.1 Å². The Morgan fingerprint density at radius 3 is 2.92 bits per heavy atom. The van der Waals surface area contributed by atoms with Gasteiger partial charge in [0, 0.05) is 32.0 Å². The zero-order valence-corrected chi connectivity index (χ0v) is 15.3. The Morgan fingerprint density at radius 1 is 1.16 bits per heavy atom. The highest BCUT2D eigenvalue weighted by Crippen LogP contribution is 2.29. The molecule has 0 aliphatic carbocycles. The molecule has 0 radical (unpaired) electrons. The van der Waals surface area contributed by atoms with Crippen LogP contribution in [0, 0.1) is 0 Å². The minimum Gasteiger partial charge on any atom is -0.315 e. The first-order valence-electron chi connectivity index (χ1n) is 8.43. The van der Waals surface area contributed by atoms with Gasteiger partial charge in [0.05, 0.1) is 21.4 Å². The molecular formula is C18H19Cl2N5. The second-order valence-electron chi connectivity index (χ2n) is 6.20. The monoisotopic (exact) mass is 375 g/mol. The average Bonchev–Trinajstić information content (AvgIpc) is 2.79. The number of imidazole rings is 1. The summed E-state index contributed by atoms with van der Waals surface area (Å²) >= 11 is 12.6. The summed E-state index contributed by atoms with van der Waals surface area (Å²) in [6.07, 6.45) is 4.80. The van der Waals surface area contributed by atoms with Gasteiger partial charge in [-0.2, -0.15) is 0 Å². The topological polar surface area (TPSA) is 45.5 Å². The molecule has 1 aliphatic heterocycles. The van der Waals surface area contributed by atoms with Crippen LogP contribution in [0.4, 0.5) is 0 Å². The van der Waals surface area contributed by atoms with E-state index in [2.05, 4.69) is 15.2 Å². The second-order valence-corrected chi connectivity index (χ2v) is 7.05. The molecule has 1 N–H and O–H groups in total. The van der Waals surface area contributed by atoms with Crippen molar-refractivity contribution in [2.45, 2.75) is 13.0 Å². The van der Waals surface area contributed by atoms with Crippen molar-refractivity contribution in [2.75, 3.05) is 26.2 Å². The highest BCUT2D eigenvalue weighted by Gasteiger charge is 2.20. The van der Waals surface area contributed by atoms with Crippen molar-refractivity contribution in [1.82, 2.24) is 24.6 Å². The fourth-order valence-electron chi connectivity index (χ4n) is 3.25. The highest BCUT2D eigenvalue weighted by atomic mass is 35.5. The number of rotatable bonds is 3. The van der Waals surface area contributed by atoms with Crippen LogP contribution in [0.15, 0.2) is 36.7 Å². The molecule has 0 bridgehead atoms. The third-order valence-corrected chi connectivity index (χ3v) is 4.94. The Bertz CT molecular complexity index is 870. The first-order chi connectivity index (χ1) is 12.2. The van der Waals surface area contributed by atoms with Gasteiger partial charge in [0.15, 0.2) is 5.65 Å². The van der Waals surface area contributed by atoms with Gasteiger partial charge in [-0.15, -0.1) is 0 Å². The smallest absolute Gasteiger partial charge is 0.156 e. The van der Waals surface area contributed by atoms with E-state index in [-0.39, 0.29) is 0 Å². The van der Waals surface area contributed by atoms with E-state index in [4.69, 9.17) is 28.2 Å². The van der Waals surface area contributed by atoms with Gasteiger partial charge < -0.3 is 5.32 Å². The third-order valence-electron chi connectivity index (χ3n) is 4.45. The molecule has 0 amide bonds. The molecule has 130 valence electrons. The van der Waals surface area contributed by atoms with Crippen LogP contribution in [0.25, 0.3) is 17.0 Å². The molecule has 1 fully saturated rings. The lowest BCUT2D eigenvalue weighted by atomic mass is 10.2. The number of nitrogens with zero attached hydrogens (tertiary/aromatic N) is 4. The van der Waals surface area contributed by atoms with E-state index in [1.54, 1.807) is 12.3 Å². The Labute approximate surface area is 156 Å². The van der Waals surface area contributed by atoms with Gasteiger partial charge in [0.25, 0.3) is 0 Å². The molecule has 25 heavy (non-hydrogen) atoms. The van der Waals surface area contributed by atoms with Gasteiger partial charge in [0.2, 0.25) is 0 Å². The molecule has 4 heterocycles. The van der Waals surface area contributed by atoms with E-state index in [1.165, 1.54) is 0 Å². The SMILES string of the molecule is Clc1cc(Cl)c2nc(-c3ccccn3)c(CN3CCCNCC3)n2c1. The van der Waals surface area contributed by atoms with E-state index >= 15 is 0 Å². The van der Waals surface area contributed by atoms with Crippen molar-refractivity contribution in [3.8, 4) is 11.4 Å². The fourth-order valence-corrected chi connectivity index (χ4v) is 3.76. The average molecular weight is 376 g/mol. The summed E-state index contributed by atoms with van der Waals surface area (Å²) in [4.78, 5) is 11.7. The van der Waals surface area contributed by atoms with Gasteiger partial charge in [-0.25, -0.2) is 4.98 Å². The van der Waals surface area contributed by atoms with Crippen LogP contribution in [0.3, 0.4) is 0 Å². The quantitative estimate of drug-likeness (QED) is 0.760. The van der Waals surface area contributed by atoms with Gasteiger partial charge in [0.1, 0.15) is 5.69 Å². The zero-order chi connectivity index (χ0) is 17.2. The number of hydrogen-bond donors (Lipinski definition) is 1. The molecular weight excluding hydrogens is 357 g/mol. The predicted molar refractivity (Wildman–Crippen MR) is 101 cm³/mol. The van der Waals surface area contributed by atoms with Crippen LogP contribution in [0.5, 0.6) is 0 Å². The van der Waals surface area contributed by atoms with E-state index in [1.807, 2.05) is 28.8 Å². The summed E-state index contributed by atoms with van der Waals surface area (Å²) in [6, 6.07) is 7.59. The summed E-state index contributed by atoms with van der Waals surface area (Å²) in [7, 11) is 0. The first-order valence-corrected chi connectivity index (χ1v) is 9.18. The normalized spacial score (nSPS) is 16.2. The first kappa shape index (κ1) is 16.8. The molecule has 1 aliphatic rings. The number of halogens is 2. The largest absolute Gasteiger partial charge is 0.315 e. The predicted octanol–water partition coefficient (Wildman–Crippen LogP) is 3.50. The Morgan fingerprint density at radius 2 is 2.08 bits per heavy atom. The molecule has 0 unspecified atom stereocenters. The van der Waals surface area contributed by atoms with E-state index in [0.29, 0.717) is 10.0 Å². The van der Waals surface area contributed by atoms with Crippen molar-refractivity contribution in [3.63, 3.8) is 0 Å². The Kier molecular flexibility index (Phi) is 4.90. The zero-order valence-electron chi connectivity index (χ0n) is 13.8. The number of pyridine rings is 2. The van der Waals surface area contributed by atoms with Crippen molar-refractivity contribution >= 4 is 28.8 Å². The second kappa shape index (κ2) is 7.30. The van der Waals surface area contributed by atoms with Gasteiger partial charge in [-0.05, 0) is 37.7 Å². The van der Waals surface area contributed by atoms with Gasteiger partial charge in [-0.1, -0.05) is 29.3 Å². The maximum absolute atomic E-state index is 6.39. The van der Waals surface area contributed by atoms with Gasteiger partial charge in [-0.3, -0.25) is 14.3 Å². The van der Waals surface area contributed by atoms with Crippen LogP contribution in [-0.4, -0.2) is 45.4 Å². The lowest BCUT2D eigenvalue weighted by Gasteiger charge is -2.20. The molecule has 3 aromatic heterocycles. The van der Waals surface area contributed by atoms with Crippen LogP contribution >= 0.6 is 23.2 Å². The van der Waals surface area contributed by atoms with Gasteiger partial charge >= 0.3 is 0 Å². The maximum atomic E-state index is 6.39. The molecule has 0 atom stereocenters. The Balaban J connectivity index is 1.83. The number of hydrogen-bond acceptors (Lipinski definition) is 4. The summed E-state index contributed by atoms with van der Waals surface area (Å²) < 4.78 is 2.01. The van der Waals surface area contributed by atoms with E-state index in [0.717, 1.165) is 61.9 Å². The minimum atomic E-state index is 0.550. The van der Waals surface area contributed by atoms with Crippen LogP contribution in [0.2, 0.25) is 10.0 Å². The lowest BCUT2D eigenvalue weighted by molar-refractivity contribution is 0.280. The van der Waals surface area contributed by atoms with Crippen molar-refractivity contribution in [2.24, 2.45) is 0 Å². The van der Waals surface area contributed by atoms with E-state index < -0.39 is 0 Å². The number of nitrogens with one attached hydrogen (secondary N) is 1. The van der Waals surface area contributed by atoms with Crippen LogP contribution < -0.4 is 5.32 Å². The summed E-state index contributed by atoms with van der Waals surface area (Å²) in [6.45, 7) is 4.90. The molecule has 4 rings (SSSR count). The molecule has 3 aromatic rings. The summed E-state index contributed by atoms with van der Waals surface area (Å²) in [5, 5.41) is 4.59. The summed E-state index contributed by atoms with van der Waals surface area (Å²) in [5.74, 6) is 0. The number of aromatic nitrogens is 3. The molecule has 0 saturated carbocycles. The maximum Gasteiger partial charge on any atom is 0.156 e. The van der Waals surface area contributed by atoms with Crippen LogP contribution in [-0.2, 0) is 6.54 Å². The molecule has 1 saturated heterocycles. The van der Waals surface area contributed by atoms with Crippen molar-refractivity contribution in [1.29, 1.82) is 0 Å². The van der Waals surface area contributed by atoms with Crippen molar-refractivity contribution in [3.05, 3.63) is 52.4 Å². The van der Waals surface area contributed by atoms with E-state index in [9.17, 15) is 0 Å².